The second kappa shape index (κ2) is 4.79. The van der Waals surface area contributed by atoms with Gasteiger partial charge in [-0.3, -0.25) is 0 Å². The number of rotatable bonds is 4. The summed E-state index contributed by atoms with van der Waals surface area (Å²) in [6.07, 6.45) is 0. The number of benzene rings is 1. The topological polar surface area (TPSA) is 9.23 Å². The first-order valence-electron chi connectivity index (χ1n) is 4.35. The highest BCUT2D eigenvalue weighted by Crippen LogP contribution is 2.13. The molecule has 1 aromatic carbocycles. The van der Waals surface area contributed by atoms with Crippen molar-refractivity contribution in [3.8, 4) is 0 Å². The molecule has 1 unspecified atom stereocenters. The Balaban J connectivity index is 2.68. The molecule has 0 heterocycles. The van der Waals surface area contributed by atoms with Gasteiger partial charge in [0.15, 0.2) is 0 Å². The van der Waals surface area contributed by atoms with Crippen LogP contribution in [0.1, 0.15) is 5.56 Å². The van der Waals surface area contributed by atoms with Gasteiger partial charge in [-0.2, -0.15) is 0 Å². The van der Waals surface area contributed by atoms with Gasteiger partial charge in [0.2, 0.25) is 8.32 Å². The summed E-state index contributed by atoms with van der Waals surface area (Å²) in [6, 6.07) is 11.4. The van der Waals surface area contributed by atoms with Crippen LogP contribution < -0.4 is 0 Å². The lowest BCUT2D eigenvalue weighted by molar-refractivity contribution is 0.402. The Morgan fingerprint density at radius 2 is 1.92 bits per heavy atom. The SMILES string of the molecule is CO[Si](C)(CCl)Cc1ccccc1. The maximum Gasteiger partial charge on any atom is 0.207 e. The van der Waals surface area contributed by atoms with Gasteiger partial charge < -0.3 is 4.43 Å². The lowest BCUT2D eigenvalue weighted by Gasteiger charge is -2.22. The lowest BCUT2D eigenvalue weighted by Crippen LogP contribution is -2.39. The van der Waals surface area contributed by atoms with Crippen LogP contribution in [0.15, 0.2) is 30.3 Å². The van der Waals surface area contributed by atoms with E-state index in [1.165, 1.54) is 5.56 Å². The predicted molar refractivity (Wildman–Crippen MR) is 59.5 cm³/mol. The number of halogens is 1. The van der Waals surface area contributed by atoms with Crippen LogP contribution in [-0.2, 0) is 10.5 Å². The molecule has 0 spiro atoms. The van der Waals surface area contributed by atoms with Crippen LogP contribution in [0.2, 0.25) is 6.55 Å². The summed E-state index contributed by atoms with van der Waals surface area (Å²) in [4.78, 5) is 0. The molecule has 0 fully saturated rings. The maximum absolute atomic E-state index is 5.90. The smallest absolute Gasteiger partial charge is 0.207 e. The molecule has 0 saturated carbocycles. The zero-order chi connectivity index (χ0) is 9.73. The standard InChI is InChI=1S/C10H15ClOSi/c1-12-13(2,9-11)8-10-6-4-3-5-7-10/h3-7H,8-9H2,1-2H3. The van der Waals surface area contributed by atoms with Gasteiger partial charge in [-0.25, -0.2) is 0 Å². The van der Waals surface area contributed by atoms with Gasteiger partial charge in [-0.1, -0.05) is 30.3 Å². The van der Waals surface area contributed by atoms with Crippen LogP contribution in [0.25, 0.3) is 0 Å². The fourth-order valence-electron chi connectivity index (χ4n) is 1.20. The average molecular weight is 215 g/mol. The second-order valence-corrected chi connectivity index (χ2v) is 8.18. The largest absolute Gasteiger partial charge is 0.419 e. The minimum Gasteiger partial charge on any atom is -0.419 e. The van der Waals surface area contributed by atoms with Crippen molar-refractivity contribution in [2.45, 2.75) is 12.6 Å². The van der Waals surface area contributed by atoms with Gasteiger partial charge in [0, 0.05) is 12.6 Å². The van der Waals surface area contributed by atoms with E-state index in [-0.39, 0.29) is 0 Å². The molecular weight excluding hydrogens is 200 g/mol. The van der Waals surface area contributed by atoms with Gasteiger partial charge >= 0.3 is 0 Å². The third-order valence-corrected chi connectivity index (χ3v) is 6.60. The zero-order valence-corrected chi connectivity index (χ0v) is 9.84. The predicted octanol–water partition coefficient (Wildman–Crippen LogP) is 2.77. The Bertz CT molecular complexity index is 246. The molecule has 13 heavy (non-hydrogen) atoms. The molecule has 0 aliphatic heterocycles. The van der Waals surface area contributed by atoms with Crippen LogP contribution in [0.3, 0.4) is 0 Å². The lowest BCUT2D eigenvalue weighted by atomic mass is 10.2. The molecular formula is C10H15ClOSi. The molecule has 0 aliphatic carbocycles. The molecule has 1 atom stereocenters. The zero-order valence-electron chi connectivity index (χ0n) is 8.09. The summed E-state index contributed by atoms with van der Waals surface area (Å²) in [7, 11) is 0.0887. The quantitative estimate of drug-likeness (QED) is 0.553. The Morgan fingerprint density at radius 3 is 2.38 bits per heavy atom. The summed E-state index contributed by atoms with van der Waals surface area (Å²) in [5, 5.41) is 0. The van der Waals surface area contributed by atoms with Gasteiger partial charge in [-0.05, 0) is 18.2 Å². The van der Waals surface area contributed by atoms with Crippen molar-refractivity contribution in [1.29, 1.82) is 0 Å². The number of alkyl halides is 1. The van der Waals surface area contributed by atoms with E-state index in [4.69, 9.17) is 16.0 Å². The van der Waals surface area contributed by atoms with E-state index in [9.17, 15) is 0 Å². The first-order valence-corrected chi connectivity index (χ1v) is 7.71. The van der Waals surface area contributed by atoms with Gasteiger partial charge in [0.25, 0.3) is 0 Å². The Kier molecular flexibility index (Phi) is 3.97. The van der Waals surface area contributed by atoms with E-state index in [1.54, 1.807) is 7.11 Å². The van der Waals surface area contributed by atoms with Crippen LogP contribution >= 0.6 is 11.6 Å². The summed E-state index contributed by atoms with van der Waals surface area (Å²) in [5.74, 6) is 0. The molecule has 0 saturated heterocycles. The van der Waals surface area contributed by atoms with Crippen molar-refractivity contribution < 1.29 is 4.43 Å². The van der Waals surface area contributed by atoms with Crippen molar-refractivity contribution in [1.82, 2.24) is 0 Å². The highest BCUT2D eigenvalue weighted by Gasteiger charge is 2.26. The molecule has 0 N–H and O–H groups in total. The highest BCUT2D eigenvalue weighted by molar-refractivity contribution is 6.78. The Labute approximate surface area is 85.8 Å². The first kappa shape index (κ1) is 10.8. The molecule has 0 amide bonds. The Morgan fingerprint density at radius 1 is 1.31 bits per heavy atom. The van der Waals surface area contributed by atoms with Crippen molar-refractivity contribution in [3.05, 3.63) is 35.9 Å². The summed E-state index contributed by atoms with van der Waals surface area (Å²) >= 11 is 5.90. The number of hydrogen-bond donors (Lipinski definition) is 0. The fourth-order valence-corrected chi connectivity index (χ4v) is 3.26. The molecule has 0 aromatic heterocycles. The molecule has 1 aromatic rings. The van der Waals surface area contributed by atoms with Gasteiger partial charge in [-0.15, -0.1) is 11.6 Å². The molecule has 1 nitrogen and oxygen atoms in total. The van der Waals surface area contributed by atoms with Crippen molar-refractivity contribution in [2.75, 3.05) is 12.6 Å². The van der Waals surface area contributed by atoms with E-state index in [2.05, 4.69) is 18.7 Å². The molecule has 72 valence electrons. The summed E-state index contributed by atoms with van der Waals surface area (Å²) in [5.41, 5.74) is 1.97. The first-order chi connectivity index (χ1) is 6.20. The normalized spacial score (nSPS) is 15.3. The van der Waals surface area contributed by atoms with Crippen LogP contribution in [0, 0.1) is 0 Å². The van der Waals surface area contributed by atoms with Crippen molar-refractivity contribution in [3.63, 3.8) is 0 Å². The third kappa shape index (κ3) is 3.14. The second-order valence-electron chi connectivity index (χ2n) is 3.45. The van der Waals surface area contributed by atoms with Crippen LogP contribution in [-0.4, -0.2) is 20.9 Å². The van der Waals surface area contributed by atoms with E-state index >= 15 is 0 Å². The minimum absolute atomic E-state index is 0.651. The van der Waals surface area contributed by atoms with Gasteiger partial charge in [0.05, 0.1) is 0 Å². The molecule has 1 rings (SSSR count). The number of hydrogen-bond acceptors (Lipinski definition) is 1. The van der Waals surface area contributed by atoms with Crippen molar-refractivity contribution in [2.24, 2.45) is 0 Å². The van der Waals surface area contributed by atoms with E-state index in [0.29, 0.717) is 5.50 Å². The van der Waals surface area contributed by atoms with Crippen LogP contribution in [0.5, 0.6) is 0 Å². The minimum atomic E-state index is -1.67. The molecule has 0 radical (unpaired) electrons. The molecule has 0 aliphatic rings. The monoisotopic (exact) mass is 214 g/mol. The van der Waals surface area contributed by atoms with Gasteiger partial charge in [0.1, 0.15) is 0 Å². The van der Waals surface area contributed by atoms with Crippen molar-refractivity contribution >= 4 is 19.9 Å². The summed E-state index contributed by atoms with van der Waals surface area (Å²) in [6.45, 7) is 2.16. The van der Waals surface area contributed by atoms with E-state index in [0.717, 1.165) is 6.04 Å². The van der Waals surface area contributed by atoms with Crippen LogP contribution in [0.4, 0.5) is 0 Å². The summed E-state index contributed by atoms with van der Waals surface area (Å²) < 4.78 is 5.50. The average Bonchev–Trinajstić information content (AvgIpc) is 2.19. The Hall–Kier alpha value is -0.313. The molecule has 0 bridgehead atoms. The highest BCUT2D eigenvalue weighted by atomic mass is 35.5. The van der Waals surface area contributed by atoms with E-state index in [1.807, 2.05) is 18.2 Å². The fraction of sp³-hybridized carbons (Fsp3) is 0.400. The third-order valence-electron chi connectivity index (χ3n) is 2.20. The molecule has 3 heteroatoms. The van der Waals surface area contributed by atoms with E-state index < -0.39 is 8.32 Å². The maximum atomic E-state index is 5.90.